The quantitative estimate of drug-likeness (QED) is 0.774. The zero-order valence-electron chi connectivity index (χ0n) is 9.65. The number of piperidine rings is 1. The van der Waals surface area contributed by atoms with Gasteiger partial charge in [0.25, 0.3) is 0 Å². The largest absolute Gasteiger partial charge is 0.340 e. The lowest BCUT2D eigenvalue weighted by Gasteiger charge is -2.25. The molecule has 1 aromatic heterocycles. The summed E-state index contributed by atoms with van der Waals surface area (Å²) in [4.78, 5) is 21.9. The number of Topliss-reactive ketones (excluding diaryl/α,β-unsaturated/α-hetero) is 1. The van der Waals surface area contributed by atoms with Gasteiger partial charge in [-0.1, -0.05) is 13.3 Å². The molecule has 1 saturated heterocycles. The molecule has 1 aromatic rings. The highest BCUT2D eigenvalue weighted by molar-refractivity contribution is 5.80. The van der Waals surface area contributed by atoms with Gasteiger partial charge in [-0.3, -0.25) is 4.79 Å². The predicted molar refractivity (Wildman–Crippen MR) is 62.5 cm³/mol. The van der Waals surface area contributed by atoms with Crippen LogP contribution < -0.4 is 4.90 Å². The van der Waals surface area contributed by atoms with E-state index >= 15 is 0 Å². The van der Waals surface area contributed by atoms with Gasteiger partial charge in [0.1, 0.15) is 5.78 Å². The molecular weight excluding hydrogens is 202 g/mol. The molecule has 2 rings (SSSR count). The Bertz CT molecular complexity index is 351. The zero-order chi connectivity index (χ0) is 11.4. The number of hydrogen-bond donors (Lipinski definition) is 0. The molecule has 0 unspecified atom stereocenters. The van der Waals surface area contributed by atoms with Gasteiger partial charge >= 0.3 is 0 Å². The summed E-state index contributed by atoms with van der Waals surface area (Å²) >= 11 is 0. The van der Waals surface area contributed by atoms with Crippen molar-refractivity contribution >= 4 is 11.7 Å². The number of anilines is 1. The molecule has 0 saturated carbocycles. The summed E-state index contributed by atoms with van der Waals surface area (Å²) in [6.07, 6.45) is 7.17. The minimum atomic E-state index is 0.346. The maximum Gasteiger partial charge on any atom is 0.225 e. The van der Waals surface area contributed by atoms with Crippen LogP contribution in [0, 0.1) is 0 Å². The van der Waals surface area contributed by atoms with Crippen molar-refractivity contribution in [2.75, 3.05) is 18.0 Å². The van der Waals surface area contributed by atoms with Gasteiger partial charge in [-0.2, -0.15) is 0 Å². The van der Waals surface area contributed by atoms with Crippen LogP contribution in [-0.2, 0) is 11.2 Å². The molecule has 0 atom stereocenters. The molecule has 16 heavy (non-hydrogen) atoms. The van der Waals surface area contributed by atoms with Crippen LogP contribution in [0.1, 0.15) is 31.7 Å². The standard InChI is InChI=1S/C12H17N3O/c1-2-3-10-8-13-12(14-9-10)15-6-4-11(16)5-7-15/h8-9H,2-7H2,1H3. The Labute approximate surface area is 95.7 Å². The van der Waals surface area contributed by atoms with Crippen molar-refractivity contribution in [1.82, 2.24) is 9.97 Å². The van der Waals surface area contributed by atoms with E-state index < -0.39 is 0 Å². The van der Waals surface area contributed by atoms with Gasteiger partial charge in [-0.05, 0) is 12.0 Å². The average Bonchev–Trinajstić information content (AvgIpc) is 2.32. The number of carbonyl (C=O) groups is 1. The third-order valence-corrected chi connectivity index (χ3v) is 2.83. The molecule has 0 amide bonds. The normalized spacial score (nSPS) is 16.6. The molecule has 0 aliphatic carbocycles. The van der Waals surface area contributed by atoms with Crippen molar-refractivity contribution in [3.05, 3.63) is 18.0 Å². The van der Waals surface area contributed by atoms with E-state index in [0.717, 1.165) is 31.9 Å². The molecule has 1 aliphatic rings. The predicted octanol–water partition coefficient (Wildman–Crippen LogP) is 1.60. The Morgan fingerprint density at radius 3 is 2.44 bits per heavy atom. The monoisotopic (exact) mass is 219 g/mol. The molecule has 86 valence electrons. The van der Waals surface area contributed by atoms with Crippen LogP contribution in [0.2, 0.25) is 0 Å². The first-order valence-electron chi connectivity index (χ1n) is 5.87. The van der Waals surface area contributed by atoms with Crippen molar-refractivity contribution < 1.29 is 4.79 Å². The number of aryl methyl sites for hydroxylation is 1. The third-order valence-electron chi connectivity index (χ3n) is 2.83. The summed E-state index contributed by atoms with van der Waals surface area (Å²) in [5, 5.41) is 0. The average molecular weight is 219 g/mol. The van der Waals surface area contributed by atoms with Crippen LogP contribution in [0.4, 0.5) is 5.95 Å². The lowest BCUT2D eigenvalue weighted by Crippen LogP contribution is -2.34. The van der Waals surface area contributed by atoms with Crippen LogP contribution in [0.3, 0.4) is 0 Å². The van der Waals surface area contributed by atoms with Crippen molar-refractivity contribution in [2.45, 2.75) is 32.6 Å². The molecular formula is C12H17N3O. The van der Waals surface area contributed by atoms with Gasteiger partial charge in [0, 0.05) is 38.3 Å². The highest BCUT2D eigenvalue weighted by Gasteiger charge is 2.17. The number of rotatable bonds is 3. The number of carbonyl (C=O) groups excluding carboxylic acids is 1. The van der Waals surface area contributed by atoms with E-state index in [9.17, 15) is 4.79 Å². The molecule has 0 spiro atoms. The van der Waals surface area contributed by atoms with E-state index in [-0.39, 0.29) is 0 Å². The molecule has 2 heterocycles. The second-order valence-corrected chi connectivity index (χ2v) is 4.17. The van der Waals surface area contributed by atoms with Gasteiger partial charge in [-0.25, -0.2) is 9.97 Å². The first-order chi connectivity index (χ1) is 7.79. The minimum Gasteiger partial charge on any atom is -0.340 e. The first kappa shape index (κ1) is 11.0. The van der Waals surface area contributed by atoms with Crippen LogP contribution in [0.5, 0.6) is 0 Å². The van der Waals surface area contributed by atoms with Crippen molar-refractivity contribution in [2.24, 2.45) is 0 Å². The molecule has 1 fully saturated rings. The highest BCUT2D eigenvalue weighted by Crippen LogP contribution is 2.13. The van der Waals surface area contributed by atoms with Crippen molar-refractivity contribution in [3.8, 4) is 0 Å². The third kappa shape index (κ3) is 2.56. The summed E-state index contributed by atoms with van der Waals surface area (Å²) < 4.78 is 0. The SMILES string of the molecule is CCCc1cnc(N2CCC(=O)CC2)nc1. The molecule has 4 heteroatoms. The smallest absolute Gasteiger partial charge is 0.225 e. The van der Waals surface area contributed by atoms with Gasteiger partial charge in [0.15, 0.2) is 0 Å². The minimum absolute atomic E-state index is 0.346. The molecule has 1 aliphatic heterocycles. The molecule has 0 aromatic carbocycles. The van der Waals surface area contributed by atoms with Crippen LogP contribution in [-0.4, -0.2) is 28.8 Å². The van der Waals surface area contributed by atoms with E-state index in [1.54, 1.807) is 0 Å². The lowest BCUT2D eigenvalue weighted by atomic mass is 10.1. The fraction of sp³-hybridized carbons (Fsp3) is 0.583. The van der Waals surface area contributed by atoms with E-state index in [4.69, 9.17) is 0 Å². The number of ketones is 1. The van der Waals surface area contributed by atoms with Crippen molar-refractivity contribution in [3.63, 3.8) is 0 Å². The Morgan fingerprint density at radius 1 is 1.25 bits per heavy atom. The van der Waals surface area contributed by atoms with Gasteiger partial charge < -0.3 is 4.90 Å². The maximum absolute atomic E-state index is 11.1. The van der Waals surface area contributed by atoms with Crippen LogP contribution in [0.15, 0.2) is 12.4 Å². The highest BCUT2D eigenvalue weighted by atomic mass is 16.1. The van der Waals surface area contributed by atoms with E-state index in [0.29, 0.717) is 18.6 Å². The molecule has 0 N–H and O–H groups in total. The summed E-state index contributed by atoms with van der Waals surface area (Å²) in [7, 11) is 0. The zero-order valence-corrected chi connectivity index (χ0v) is 9.65. The Kier molecular flexibility index (Phi) is 3.49. The number of hydrogen-bond acceptors (Lipinski definition) is 4. The molecule has 4 nitrogen and oxygen atoms in total. The molecule has 0 bridgehead atoms. The summed E-state index contributed by atoms with van der Waals surface area (Å²) in [6.45, 7) is 3.65. The van der Waals surface area contributed by atoms with E-state index in [1.165, 1.54) is 5.56 Å². The first-order valence-corrected chi connectivity index (χ1v) is 5.87. The Morgan fingerprint density at radius 2 is 1.88 bits per heavy atom. The van der Waals surface area contributed by atoms with Gasteiger partial charge in [0.05, 0.1) is 0 Å². The van der Waals surface area contributed by atoms with Crippen molar-refractivity contribution in [1.29, 1.82) is 0 Å². The second-order valence-electron chi connectivity index (χ2n) is 4.17. The summed E-state index contributed by atoms with van der Waals surface area (Å²) in [6, 6.07) is 0. The van der Waals surface area contributed by atoms with Crippen LogP contribution >= 0.6 is 0 Å². The number of aromatic nitrogens is 2. The van der Waals surface area contributed by atoms with E-state index in [1.807, 2.05) is 12.4 Å². The second kappa shape index (κ2) is 5.05. The maximum atomic E-state index is 11.1. The molecule has 0 radical (unpaired) electrons. The van der Waals surface area contributed by atoms with Crippen LogP contribution in [0.25, 0.3) is 0 Å². The van der Waals surface area contributed by atoms with Gasteiger partial charge in [-0.15, -0.1) is 0 Å². The fourth-order valence-electron chi connectivity index (χ4n) is 1.89. The Balaban J connectivity index is 2.01. The van der Waals surface area contributed by atoms with Gasteiger partial charge in [0.2, 0.25) is 5.95 Å². The summed E-state index contributed by atoms with van der Waals surface area (Å²) in [5.41, 5.74) is 1.18. The summed E-state index contributed by atoms with van der Waals surface area (Å²) in [5.74, 6) is 1.10. The lowest BCUT2D eigenvalue weighted by molar-refractivity contribution is -0.119. The topological polar surface area (TPSA) is 46.1 Å². The Hall–Kier alpha value is -1.45. The van der Waals surface area contributed by atoms with E-state index in [2.05, 4.69) is 21.8 Å². The number of nitrogens with zero attached hydrogens (tertiary/aromatic N) is 3. The fourth-order valence-corrected chi connectivity index (χ4v) is 1.89.